The molecule has 0 amide bonds. The van der Waals surface area contributed by atoms with Gasteiger partial charge in [0.05, 0.1) is 0 Å². The van der Waals surface area contributed by atoms with Crippen LogP contribution < -0.4 is 4.74 Å². The van der Waals surface area contributed by atoms with E-state index in [1.165, 1.54) is 0 Å². The van der Waals surface area contributed by atoms with E-state index in [1.807, 2.05) is 18.2 Å². The number of aliphatic carboxylic acids is 1. The largest absolute Gasteiger partial charge is 0.508 e. The number of benzene rings is 2. The summed E-state index contributed by atoms with van der Waals surface area (Å²) in [7, 11) is 3.54. The summed E-state index contributed by atoms with van der Waals surface area (Å²) < 4.78 is 5.94. The molecule has 0 bridgehead atoms. The Morgan fingerprint density at radius 3 is 2.28 bits per heavy atom. The molecule has 5 nitrogen and oxygen atoms in total. The highest BCUT2D eigenvalue weighted by atomic mass is 16.5. The van der Waals surface area contributed by atoms with Gasteiger partial charge in [0.25, 0.3) is 0 Å². The van der Waals surface area contributed by atoms with Crippen LogP contribution in [-0.2, 0) is 11.2 Å². The second kappa shape index (κ2) is 8.03. The monoisotopic (exact) mass is 343 g/mol. The molecular formula is C20H25NO4. The molecule has 2 aromatic carbocycles. The predicted molar refractivity (Wildman–Crippen MR) is 97.5 cm³/mol. The molecule has 0 spiro atoms. The molecule has 2 aromatic rings. The number of phenols is 1. The lowest BCUT2D eigenvalue weighted by Crippen LogP contribution is -2.37. The average molecular weight is 343 g/mol. The number of phenolic OH excluding ortho intramolecular Hbond substituents is 1. The standard InChI is InChI=1S/C20H25NO4/c1-13(2)17-11-14(12-18(20(23)24)21(3)4)5-10-19(17)25-16-8-6-15(22)7-9-16/h5-11,13,18,22H,12H2,1-4H3,(H,23,24). The van der Waals surface area contributed by atoms with Gasteiger partial charge in [0, 0.05) is 0 Å². The highest BCUT2D eigenvalue weighted by Crippen LogP contribution is 2.32. The van der Waals surface area contributed by atoms with Crippen molar-refractivity contribution in [3.05, 3.63) is 53.6 Å². The topological polar surface area (TPSA) is 70.0 Å². The van der Waals surface area contributed by atoms with E-state index in [9.17, 15) is 15.0 Å². The van der Waals surface area contributed by atoms with Gasteiger partial charge >= 0.3 is 5.97 Å². The number of carboxylic acid groups (broad SMARTS) is 1. The molecule has 134 valence electrons. The second-order valence-electron chi connectivity index (χ2n) is 6.64. The first kappa shape index (κ1) is 18.8. The van der Waals surface area contributed by atoms with Crippen molar-refractivity contribution in [2.75, 3.05) is 14.1 Å². The fourth-order valence-electron chi connectivity index (χ4n) is 2.62. The summed E-state index contributed by atoms with van der Waals surface area (Å²) in [4.78, 5) is 13.1. The summed E-state index contributed by atoms with van der Waals surface area (Å²) in [6.07, 6.45) is 0.432. The molecule has 0 saturated carbocycles. The Bertz CT molecular complexity index is 723. The van der Waals surface area contributed by atoms with Gasteiger partial charge in [-0.05, 0) is 67.9 Å². The van der Waals surface area contributed by atoms with E-state index in [2.05, 4.69) is 13.8 Å². The van der Waals surface area contributed by atoms with Crippen LogP contribution in [0.3, 0.4) is 0 Å². The molecule has 0 aliphatic carbocycles. The predicted octanol–water partition coefficient (Wildman–Crippen LogP) is 3.87. The van der Waals surface area contributed by atoms with E-state index in [-0.39, 0.29) is 11.7 Å². The first-order valence-corrected chi connectivity index (χ1v) is 8.27. The molecular weight excluding hydrogens is 318 g/mol. The van der Waals surface area contributed by atoms with E-state index in [0.29, 0.717) is 12.2 Å². The van der Waals surface area contributed by atoms with Crippen LogP contribution in [0.5, 0.6) is 17.2 Å². The van der Waals surface area contributed by atoms with Crippen molar-refractivity contribution in [1.29, 1.82) is 0 Å². The molecule has 0 aliphatic heterocycles. The van der Waals surface area contributed by atoms with Crippen molar-refractivity contribution in [2.24, 2.45) is 0 Å². The molecule has 25 heavy (non-hydrogen) atoms. The summed E-state index contributed by atoms with van der Waals surface area (Å²) in [6.45, 7) is 4.15. The highest BCUT2D eigenvalue weighted by molar-refractivity contribution is 5.73. The van der Waals surface area contributed by atoms with Gasteiger partial charge in [-0.15, -0.1) is 0 Å². The molecule has 1 unspecified atom stereocenters. The first-order valence-electron chi connectivity index (χ1n) is 8.27. The number of carbonyl (C=O) groups is 1. The number of rotatable bonds is 7. The molecule has 5 heteroatoms. The third-order valence-corrected chi connectivity index (χ3v) is 4.10. The van der Waals surface area contributed by atoms with E-state index in [4.69, 9.17) is 4.74 Å². The van der Waals surface area contributed by atoms with Crippen molar-refractivity contribution in [3.8, 4) is 17.2 Å². The van der Waals surface area contributed by atoms with Crippen LogP contribution in [0.2, 0.25) is 0 Å². The molecule has 1 atom stereocenters. The molecule has 0 radical (unpaired) electrons. The van der Waals surface area contributed by atoms with Gasteiger partial charge in [0.15, 0.2) is 0 Å². The second-order valence-corrected chi connectivity index (χ2v) is 6.64. The number of carboxylic acids is 1. The molecule has 0 heterocycles. The van der Waals surface area contributed by atoms with Crippen LogP contribution in [0.25, 0.3) is 0 Å². The van der Waals surface area contributed by atoms with Gasteiger partial charge in [0.2, 0.25) is 0 Å². The Labute approximate surface area is 148 Å². The first-order chi connectivity index (χ1) is 11.8. The Morgan fingerprint density at radius 1 is 1.12 bits per heavy atom. The molecule has 2 N–H and O–H groups in total. The number of likely N-dealkylation sites (N-methyl/N-ethyl adjacent to an activating group) is 1. The molecule has 0 saturated heterocycles. The van der Waals surface area contributed by atoms with Crippen LogP contribution in [0.4, 0.5) is 0 Å². The number of nitrogens with zero attached hydrogens (tertiary/aromatic N) is 1. The van der Waals surface area contributed by atoms with Crippen LogP contribution in [0.15, 0.2) is 42.5 Å². The summed E-state index contributed by atoms with van der Waals surface area (Å²) in [5.74, 6) is 0.968. The van der Waals surface area contributed by atoms with Gasteiger partial charge in [-0.25, -0.2) is 0 Å². The van der Waals surface area contributed by atoms with Crippen molar-refractivity contribution >= 4 is 5.97 Å². The number of hydrogen-bond acceptors (Lipinski definition) is 4. The van der Waals surface area contributed by atoms with Crippen LogP contribution in [0, 0.1) is 0 Å². The maximum atomic E-state index is 11.4. The minimum Gasteiger partial charge on any atom is -0.508 e. The van der Waals surface area contributed by atoms with Crippen molar-refractivity contribution in [1.82, 2.24) is 4.90 Å². The van der Waals surface area contributed by atoms with Crippen molar-refractivity contribution in [2.45, 2.75) is 32.2 Å². The summed E-state index contributed by atoms with van der Waals surface area (Å²) in [5, 5.41) is 18.7. The fourth-order valence-corrected chi connectivity index (χ4v) is 2.62. The zero-order chi connectivity index (χ0) is 18.6. The summed E-state index contributed by atoms with van der Waals surface area (Å²) in [6, 6.07) is 11.8. The van der Waals surface area contributed by atoms with Gasteiger partial charge in [-0.1, -0.05) is 26.0 Å². The van der Waals surface area contributed by atoms with E-state index in [1.54, 1.807) is 43.3 Å². The number of hydrogen-bond donors (Lipinski definition) is 2. The fraction of sp³-hybridized carbons (Fsp3) is 0.350. The third kappa shape index (κ3) is 4.97. The van der Waals surface area contributed by atoms with Crippen molar-refractivity contribution in [3.63, 3.8) is 0 Å². The molecule has 0 aromatic heterocycles. The van der Waals surface area contributed by atoms with Crippen LogP contribution in [0.1, 0.15) is 30.9 Å². The SMILES string of the molecule is CC(C)c1cc(CC(C(=O)O)N(C)C)ccc1Oc1ccc(O)cc1. The highest BCUT2D eigenvalue weighted by Gasteiger charge is 2.21. The summed E-state index contributed by atoms with van der Waals surface area (Å²) >= 11 is 0. The lowest BCUT2D eigenvalue weighted by Gasteiger charge is -2.21. The summed E-state index contributed by atoms with van der Waals surface area (Å²) in [5.41, 5.74) is 1.98. The Kier molecular flexibility index (Phi) is 6.04. The van der Waals surface area contributed by atoms with Gasteiger partial charge in [-0.3, -0.25) is 9.69 Å². The Hall–Kier alpha value is -2.53. The van der Waals surface area contributed by atoms with E-state index < -0.39 is 12.0 Å². The molecule has 2 rings (SSSR count). The Morgan fingerprint density at radius 2 is 1.76 bits per heavy atom. The van der Waals surface area contributed by atoms with Gasteiger partial charge in [0.1, 0.15) is 23.3 Å². The normalized spacial score (nSPS) is 12.4. The maximum absolute atomic E-state index is 11.4. The van der Waals surface area contributed by atoms with E-state index >= 15 is 0 Å². The minimum atomic E-state index is -0.833. The average Bonchev–Trinajstić information content (AvgIpc) is 2.55. The van der Waals surface area contributed by atoms with Crippen molar-refractivity contribution < 1.29 is 19.7 Å². The minimum absolute atomic E-state index is 0.190. The van der Waals surface area contributed by atoms with Gasteiger partial charge in [-0.2, -0.15) is 0 Å². The quantitative estimate of drug-likeness (QED) is 0.799. The van der Waals surface area contributed by atoms with E-state index in [0.717, 1.165) is 16.9 Å². The molecule has 0 fully saturated rings. The van der Waals surface area contributed by atoms with Gasteiger partial charge < -0.3 is 14.9 Å². The molecule has 0 aliphatic rings. The zero-order valence-electron chi connectivity index (χ0n) is 15.1. The van der Waals surface area contributed by atoms with Crippen LogP contribution in [-0.4, -0.2) is 41.2 Å². The smallest absolute Gasteiger partial charge is 0.321 e. The zero-order valence-corrected chi connectivity index (χ0v) is 15.1. The number of ether oxygens (including phenoxy) is 1. The lowest BCUT2D eigenvalue weighted by atomic mass is 9.96. The maximum Gasteiger partial charge on any atom is 0.321 e. The third-order valence-electron chi connectivity index (χ3n) is 4.10. The number of aromatic hydroxyl groups is 1. The Balaban J connectivity index is 2.27. The lowest BCUT2D eigenvalue weighted by molar-refractivity contribution is -0.142. The van der Waals surface area contributed by atoms with Crippen LogP contribution >= 0.6 is 0 Å².